The number of piperidine rings is 1. The molecule has 0 atom stereocenters. The van der Waals surface area contributed by atoms with Crippen LogP contribution >= 0.6 is 22.9 Å². The van der Waals surface area contributed by atoms with Gasteiger partial charge in [0.05, 0.1) is 0 Å². The molecular weight excluding hydrogens is 267 g/mol. The minimum Gasteiger partial charge on any atom is -0.370 e. The predicted molar refractivity (Wildman–Crippen MR) is 58.3 cm³/mol. The van der Waals surface area contributed by atoms with Gasteiger partial charge in [-0.2, -0.15) is 0 Å². The number of hydrogen-bond acceptors (Lipinski definition) is 2. The van der Waals surface area contributed by atoms with E-state index in [1.54, 1.807) is 0 Å². The molecule has 0 unspecified atom stereocenters. The SMILES string of the molecule is CN(C(=N)N)C1CCN(I)CC1. The third kappa shape index (κ3) is 2.48. The summed E-state index contributed by atoms with van der Waals surface area (Å²) in [4.78, 5) is 1.86. The molecule has 0 spiro atoms. The van der Waals surface area contributed by atoms with Gasteiger partial charge >= 0.3 is 0 Å². The Hall–Kier alpha value is -0.0400. The standard InChI is InChI=1S/C7H15IN4/c1-11(7(9)10)6-2-4-12(8)5-3-6/h6H,2-5H2,1H3,(H3,9,10). The van der Waals surface area contributed by atoms with Crippen molar-refractivity contribution in [1.82, 2.24) is 8.01 Å². The van der Waals surface area contributed by atoms with Crippen LogP contribution in [-0.2, 0) is 0 Å². The first-order valence-electron chi connectivity index (χ1n) is 4.09. The highest BCUT2D eigenvalue weighted by molar-refractivity contribution is 14.1. The molecule has 1 heterocycles. The van der Waals surface area contributed by atoms with Crippen molar-refractivity contribution in [1.29, 1.82) is 5.41 Å². The number of guanidine groups is 1. The lowest BCUT2D eigenvalue weighted by atomic mass is 10.1. The Morgan fingerprint density at radius 1 is 1.58 bits per heavy atom. The molecule has 0 aromatic heterocycles. The van der Waals surface area contributed by atoms with Gasteiger partial charge in [-0.3, -0.25) is 5.41 Å². The van der Waals surface area contributed by atoms with Gasteiger partial charge in [-0.15, -0.1) is 0 Å². The van der Waals surface area contributed by atoms with Gasteiger partial charge in [-0.25, -0.2) is 3.11 Å². The van der Waals surface area contributed by atoms with Crippen molar-refractivity contribution in [2.45, 2.75) is 18.9 Å². The van der Waals surface area contributed by atoms with Crippen molar-refractivity contribution in [2.24, 2.45) is 5.73 Å². The molecule has 4 nitrogen and oxygen atoms in total. The van der Waals surface area contributed by atoms with E-state index >= 15 is 0 Å². The molecule has 0 aromatic carbocycles. The van der Waals surface area contributed by atoms with Crippen LogP contribution in [0.2, 0.25) is 0 Å². The van der Waals surface area contributed by atoms with Gasteiger partial charge in [0, 0.05) is 49.0 Å². The smallest absolute Gasteiger partial charge is 0.188 e. The van der Waals surface area contributed by atoms with Crippen LogP contribution in [0.5, 0.6) is 0 Å². The summed E-state index contributed by atoms with van der Waals surface area (Å²) in [6.07, 6.45) is 2.22. The minimum atomic E-state index is 0.182. The second-order valence-electron chi connectivity index (χ2n) is 3.14. The van der Waals surface area contributed by atoms with E-state index in [0.717, 1.165) is 25.9 Å². The second kappa shape index (κ2) is 4.27. The van der Waals surface area contributed by atoms with Crippen molar-refractivity contribution in [3.05, 3.63) is 0 Å². The highest BCUT2D eigenvalue weighted by atomic mass is 127. The summed E-state index contributed by atoms with van der Waals surface area (Å²) >= 11 is 2.34. The zero-order valence-electron chi connectivity index (χ0n) is 7.26. The molecule has 1 aliphatic rings. The van der Waals surface area contributed by atoms with Crippen LogP contribution in [0.1, 0.15) is 12.8 Å². The third-order valence-corrected chi connectivity index (χ3v) is 3.30. The molecule has 12 heavy (non-hydrogen) atoms. The average molecular weight is 282 g/mol. The molecule has 1 aliphatic heterocycles. The van der Waals surface area contributed by atoms with Gasteiger partial charge in [-0.1, -0.05) is 0 Å². The van der Waals surface area contributed by atoms with Gasteiger partial charge in [0.2, 0.25) is 0 Å². The Balaban J connectivity index is 2.39. The highest BCUT2D eigenvalue weighted by Gasteiger charge is 2.21. The topological polar surface area (TPSA) is 56.4 Å². The van der Waals surface area contributed by atoms with Gasteiger partial charge in [-0.05, 0) is 12.8 Å². The lowest BCUT2D eigenvalue weighted by molar-refractivity contribution is 0.249. The van der Waals surface area contributed by atoms with Crippen molar-refractivity contribution >= 4 is 28.8 Å². The van der Waals surface area contributed by atoms with E-state index in [1.165, 1.54) is 0 Å². The van der Waals surface area contributed by atoms with E-state index in [1.807, 2.05) is 11.9 Å². The fourth-order valence-electron chi connectivity index (χ4n) is 1.42. The van der Waals surface area contributed by atoms with Gasteiger partial charge in [0.1, 0.15) is 0 Å². The Bertz CT molecular complexity index is 165. The maximum atomic E-state index is 7.28. The second-order valence-corrected chi connectivity index (χ2v) is 4.50. The number of nitrogens with two attached hydrogens (primary N) is 1. The van der Waals surface area contributed by atoms with Crippen molar-refractivity contribution < 1.29 is 0 Å². The summed E-state index contributed by atoms with van der Waals surface area (Å²) in [5.74, 6) is 0.182. The predicted octanol–water partition coefficient (Wildman–Crippen LogP) is 0.626. The van der Waals surface area contributed by atoms with Crippen molar-refractivity contribution in [3.8, 4) is 0 Å². The van der Waals surface area contributed by atoms with Crippen LogP contribution in [0.4, 0.5) is 0 Å². The molecule has 0 saturated carbocycles. The number of nitrogens with zero attached hydrogens (tertiary/aromatic N) is 2. The molecule has 1 saturated heterocycles. The molecule has 0 radical (unpaired) electrons. The van der Waals surface area contributed by atoms with Crippen LogP contribution in [0.15, 0.2) is 0 Å². The average Bonchev–Trinajstić information content (AvgIpc) is 2.04. The number of nitrogens with one attached hydrogen (secondary N) is 1. The molecule has 1 rings (SSSR count). The third-order valence-electron chi connectivity index (χ3n) is 2.34. The van der Waals surface area contributed by atoms with Crippen LogP contribution in [0, 0.1) is 5.41 Å². The maximum Gasteiger partial charge on any atom is 0.188 e. The minimum absolute atomic E-state index is 0.182. The van der Waals surface area contributed by atoms with Crippen molar-refractivity contribution in [3.63, 3.8) is 0 Å². The van der Waals surface area contributed by atoms with E-state index in [-0.39, 0.29) is 5.96 Å². The first kappa shape index (κ1) is 10.0. The Morgan fingerprint density at radius 3 is 2.50 bits per heavy atom. The van der Waals surface area contributed by atoms with Crippen LogP contribution in [0.25, 0.3) is 0 Å². The molecule has 1 fully saturated rings. The summed E-state index contributed by atoms with van der Waals surface area (Å²) in [5, 5.41) is 7.28. The molecule has 0 aromatic rings. The Morgan fingerprint density at radius 2 is 2.08 bits per heavy atom. The van der Waals surface area contributed by atoms with E-state index in [4.69, 9.17) is 11.1 Å². The first-order chi connectivity index (χ1) is 5.61. The van der Waals surface area contributed by atoms with E-state index < -0.39 is 0 Å². The molecule has 0 aliphatic carbocycles. The van der Waals surface area contributed by atoms with Gasteiger partial charge in [0.25, 0.3) is 0 Å². The number of hydrogen-bond donors (Lipinski definition) is 2. The zero-order chi connectivity index (χ0) is 9.14. The number of rotatable bonds is 1. The quantitative estimate of drug-likeness (QED) is 0.321. The molecular formula is C7H15IN4. The summed E-state index contributed by atoms with van der Waals surface area (Å²) < 4.78 is 2.28. The highest BCUT2D eigenvalue weighted by Crippen LogP contribution is 2.17. The zero-order valence-corrected chi connectivity index (χ0v) is 9.41. The fraction of sp³-hybridized carbons (Fsp3) is 0.857. The summed E-state index contributed by atoms with van der Waals surface area (Å²) in [6.45, 7) is 2.20. The van der Waals surface area contributed by atoms with E-state index in [0.29, 0.717) is 6.04 Å². The molecule has 0 bridgehead atoms. The lowest BCUT2D eigenvalue weighted by Gasteiger charge is -2.34. The summed E-state index contributed by atoms with van der Waals surface area (Å²) in [5.41, 5.74) is 5.40. The van der Waals surface area contributed by atoms with E-state index in [9.17, 15) is 0 Å². The monoisotopic (exact) mass is 282 g/mol. The summed E-state index contributed by atoms with van der Waals surface area (Å²) in [6, 6.07) is 0.466. The van der Waals surface area contributed by atoms with Crippen molar-refractivity contribution in [2.75, 3.05) is 20.1 Å². The Kier molecular flexibility index (Phi) is 3.57. The first-order valence-corrected chi connectivity index (χ1v) is 5.05. The maximum absolute atomic E-state index is 7.28. The number of halogens is 1. The van der Waals surface area contributed by atoms with Crippen LogP contribution in [-0.4, -0.2) is 40.2 Å². The molecule has 3 N–H and O–H groups in total. The molecule has 0 amide bonds. The van der Waals surface area contributed by atoms with Crippen LogP contribution < -0.4 is 5.73 Å². The normalized spacial score (nSPS) is 20.8. The fourth-order valence-corrected chi connectivity index (χ4v) is 1.98. The summed E-state index contributed by atoms with van der Waals surface area (Å²) in [7, 11) is 1.90. The lowest BCUT2D eigenvalue weighted by Crippen LogP contribution is -2.45. The van der Waals surface area contributed by atoms with Gasteiger partial charge < -0.3 is 10.6 Å². The van der Waals surface area contributed by atoms with E-state index in [2.05, 4.69) is 26.0 Å². The van der Waals surface area contributed by atoms with Gasteiger partial charge in [0.15, 0.2) is 5.96 Å². The molecule has 5 heteroatoms. The van der Waals surface area contributed by atoms with Crippen LogP contribution in [0.3, 0.4) is 0 Å². The Labute approximate surface area is 87.1 Å². The largest absolute Gasteiger partial charge is 0.370 e. The molecule has 70 valence electrons.